The van der Waals surface area contributed by atoms with Crippen molar-refractivity contribution in [2.45, 2.75) is 31.7 Å². The zero-order valence-corrected chi connectivity index (χ0v) is 9.68. The Morgan fingerprint density at radius 1 is 1.18 bits per heavy atom. The molecule has 0 aliphatic carbocycles. The highest BCUT2D eigenvalue weighted by atomic mass is 19.4. The highest BCUT2D eigenvalue weighted by molar-refractivity contribution is 5.26. The van der Waals surface area contributed by atoms with Crippen LogP contribution in [0.15, 0.2) is 24.3 Å². The molecule has 0 aliphatic heterocycles. The van der Waals surface area contributed by atoms with Crippen LogP contribution in [0.3, 0.4) is 0 Å². The summed E-state index contributed by atoms with van der Waals surface area (Å²) in [6.45, 7) is 1.82. The van der Waals surface area contributed by atoms with E-state index in [-0.39, 0.29) is 18.0 Å². The molecule has 0 amide bonds. The van der Waals surface area contributed by atoms with Gasteiger partial charge in [0.15, 0.2) is 0 Å². The maximum atomic E-state index is 13.7. The number of benzene rings is 1. The average Bonchev–Trinajstić information content (AvgIpc) is 2.27. The first-order valence-electron chi connectivity index (χ1n) is 5.33. The molecule has 1 rings (SSSR count). The molecule has 0 saturated carbocycles. The molecule has 0 saturated heterocycles. The molecule has 96 valence electrons. The van der Waals surface area contributed by atoms with Crippen LogP contribution in [0.25, 0.3) is 0 Å². The molecule has 0 spiro atoms. The molecule has 0 fully saturated rings. The minimum atomic E-state index is -4.37. The van der Waals surface area contributed by atoms with Gasteiger partial charge in [-0.3, -0.25) is 0 Å². The summed E-state index contributed by atoms with van der Waals surface area (Å²) in [5.41, 5.74) is -0.477. The van der Waals surface area contributed by atoms with Gasteiger partial charge in [0.1, 0.15) is 6.17 Å². The van der Waals surface area contributed by atoms with Crippen molar-refractivity contribution in [2.24, 2.45) is 0 Å². The highest BCUT2D eigenvalue weighted by Crippen LogP contribution is 2.31. The van der Waals surface area contributed by atoms with E-state index in [2.05, 4.69) is 5.32 Å². The van der Waals surface area contributed by atoms with Crippen molar-refractivity contribution in [3.05, 3.63) is 35.4 Å². The number of alkyl halides is 4. The number of rotatable bonds is 4. The molecule has 0 radical (unpaired) electrons. The van der Waals surface area contributed by atoms with Crippen LogP contribution in [-0.4, -0.2) is 13.1 Å². The summed E-state index contributed by atoms with van der Waals surface area (Å²) in [7, 11) is 1.71. The summed E-state index contributed by atoms with van der Waals surface area (Å²) in [5.74, 6) is 0. The van der Waals surface area contributed by atoms with E-state index in [0.717, 1.165) is 12.1 Å². The van der Waals surface area contributed by atoms with Crippen LogP contribution >= 0.6 is 0 Å². The normalized spacial score (nSPS) is 15.6. The van der Waals surface area contributed by atoms with Gasteiger partial charge < -0.3 is 5.32 Å². The van der Waals surface area contributed by atoms with Crippen molar-refractivity contribution in [1.29, 1.82) is 0 Å². The molecule has 5 heteroatoms. The van der Waals surface area contributed by atoms with Gasteiger partial charge in [-0.1, -0.05) is 12.1 Å². The summed E-state index contributed by atoms with van der Waals surface area (Å²) >= 11 is 0. The first kappa shape index (κ1) is 14.0. The molecule has 2 atom stereocenters. The van der Waals surface area contributed by atoms with Crippen molar-refractivity contribution < 1.29 is 17.6 Å². The molecule has 1 nitrogen and oxygen atoms in total. The zero-order valence-electron chi connectivity index (χ0n) is 9.68. The lowest BCUT2D eigenvalue weighted by molar-refractivity contribution is -0.137. The average molecular weight is 249 g/mol. The minimum Gasteiger partial charge on any atom is -0.317 e. The molecule has 1 aromatic rings. The summed E-state index contributed by atoms with van der Waals surface area (Å²) in [6.07, 6.45) is -5.38. The van der Waals surface area contributed by atoms with Crippen LogP contribution in [0.2, 0.25) is 0 Å². The Hall–Kier alpha value is -1.10. The third-order valence-corrected chi connectivity index (χ3v) is 2.65. The Morgan fingerprint density at radius 2 is 1.71 bits per heavy atom. The van der Waals surface area contributed by atoms with Gasteiger partial charge in [0.25, 0.3) is 0 Å². The Morgan fingerprint density at radius 3 is 2.12 bits per heavy atom. The number of halogens is 4. The molecular formula is C12H15F4N. The lowest BCUT2D eigenvalue weighted by Crippen LogP contribution is -2.22. The van der Waals surface area contributed by atoms with E-state index in [1.54, 1.807) is 7.05 Å². The van der Waals surface area contributed by atoms with Crippen LogP contribution in [0.1, 0.15) is 30.6 Å². The van der Waals surface area contributed by atoms with Gasteiger partial charge >= 0.3 is 6.18 Å². The van der Waals surface area contributed by atoms with E-state index in [1.165, 1.54) is 12.1 Å². The topological polar surface area (TPSA) is 12.0 Å². The van der Waals surface area contributed by atoms with Crippen molar-refractivity contribution in [3.8, 4) is 0 Å². The molecule has 17 heavy (non-hydrogen) atoms. The molecule has 0 aromatic heterocycles. The Balaban J connectivity index is 2.74. The number of hydrogen-bond donors (Lipinski definition) is 1. The fraction of sp³-hybridized carbons (Fsp3) is 0.500. The van der Waals surface area contributed by atoms with Gasteiger partial charge in [-0.05, 0) is 38.1 Å². The lowest BCUT2D eigenvalue weighted by Gasteiger charge is -2.15. The van der Waals surface area contributed by atoms with Crippen LogP contribution in [0, 0.1) is 0 Å². The smallest absolute Gasteiger partial charge is 0.317 e. The fourth-order valence-electron chi connectivity index (χ4n) is 1.45. The Kier molecular flexibility index (Phi) is 4.51. The maximum absolute atomic E-state index is 13.7. The first-order valence-corrected chi connectivity index (χ1v) is 5.33. The number of hydrogen-bond acceptors (Lipinski definition) is 1. The summed E-state index contributed by atoms with van der Waals surface area (Å²) < 4.78 is 50.5. The second-order valence-electron chi connectivity index (χ2n) is 4.01. The molecule has 0 bridgehead atoms. The second kappa shape index (κ2) is 5.49. The first-order chi connectivity index (χ1) is 7.84. The van der Waals surface area contributed by atoms with Gasteiger partial charge in [0.05, 0.1) is 5.56 Å². The molecular weight excluding hydrogens is 234 g/mol. The Labute approximate surface area is 97.8 Å². The maximum Gasteiger partial charge on any atom is 0.416 e. The van der Waals surface area contributed by atoms with Crippen molar-refractivity contribution in [2.75, 3.05) is 7.05 Å². The van der Waals surface area contributed by atoms with E-state index in [1.807, 2.05) is 6.92 Å². The van der Waals surface area contributed by atoms with Gasteiger partial charge in [-0.25, -0.2) is 4.39 Å². The Bertz CT molecular complexity index is 345. The minimum absolute atomic E-state index is 0.0210. The van der Waals surface area contributed by atoms with E-state index in [9.17, 15) is 17.6 Å². The predicted molar refractivity (Wildman–Crippen MR) is 58.4 cm³/mol. The van der Waals surface area contributed by atoms with Gasteiger partial charge in [0, 0.05) is 6.04 Å². The molecule has 1 aromatic carbocycles. The van der Waals surface area contributed by atoms with E-state index in [0.29, 0.717) is 0 Å². The van der Waals surface area contributed by atoms with E-state index >= 15 is 0 Å². The third-order valence-electron chi connectivity index (χ3n) is 2.65. The SMILES string of the molecule is CNC(C)CC(F)c1ccc(C(F)(F)F)cc1. The summed E-state index contributed by atoms with van der Waals surface area (Å²) in [4.78, 5) is 0. The van der Waals surface area contributed by atoms with Crippen molar-refractivity contribution in [3.63, 3.8) is 0 Å². The lowest BCUT2D eigenvalue weighted by atomic mass is 10.0. The van der Waals surface area contributed by atoms with Gasteiger partial charge in [0.2, 0.25) is 0 Å². The molecule has 0 aliphatic rings. The monoisotopic (exact) mass is 249 g/mol. The van der Waals surface area contributed by atoms with Crippen LogP contribution in [0.5, 0.6) is 0 Å². The quantitative estimate of drug-likeness (QED) is 0.802. The highest BCUT2D eigenvalue weighted by Gasteiger charge is 2.30. The van der Waals surface area contributed by atoms with Gasteiger partial charge in [-0.2, -0.15) is 13.2 Å². The fourth-order valence-corrected chi connectivity index (χ4v) is 1.45. The molecule has 0 heterocycles. The van der Waals surface area contributed by atoms with Crippen LogP contribution < -0.4 is 5.32 Å². The largest absolute Gasteiger partial charge is 0.416 e. The van der Waals surface area contributed by atoms with E-state index in [4.69, 9.17) is 0 Å². The van der Waals surface area contributed by atoms with E-state index < -0.39 is 17.9 Å². The molecule has 2 unspecified atom stereocenters. The number of nitrogens with one attached hydrogen (secondary N) is 1. The van der Waals surface area contributed by atoms with Crippen LogP contribution in [-0.2, 0) is 6.18 Å². The van der Waals surface area contributed by atoms with Crippen molar-refractivity contribution in [1.82, 2.24) is 5.32 Å². The van der Waals surface area contributed by atoms with Crippen LogP contribution in [0.4, 0.5) is 17.6 Å². The van der Waals surface area contributed by atoms with Gasteiger partial charge in [-0.15, -0.1) is 0 Å². The standard InChI is InChI=1S/C12H15F4N/c1-8(17-2)7-11(13)9-3-5-10(6-4-9)12(14,15)16/h3-6,8,11,17H,7H2,1-2H3. The second-order valence-corrected chi connectivity index (χ2v) is 4.01. The summed E-state index contributed by atoms with van der Waals surface area (Å²) in [5, 5.41) is 2.88. The summed E-state index contributed by atoms with van der Waals surface area (Å²) in [6, 6.07) is 4.18. The van der Waals surface area contributed by atoms with Crippen molar-refractivity contribution >= 4 is 0 Å². The molecule has 1 N–H and O–H groups in total. The predicted octanol–water partition coefficient (Wildman–Crippen LogP) is 3.71. The zero-order chi connectivity index (χ0) is 13.1. The third kappa shape index (κ3) is 4.00.